The van der Waals surface area contributed by atoms with Crippen LogP contribution in [-0.4, -0.2) is 17.1 Å². The van der Waals surface area contributed by atoms with E-state index in [1.165, 1.54) is 0 Å². The normalized spacial score (nSPS) is 14.3. The summed E-state index contributed by atoms with van der Waals surface area (Å²) >= 11 is 0. The van der Waals surface area contributed by atoms with Gasteiger partial charge in [0.2, 0.25) is 0 Å². The van der Waals surface area contributed by atoms with Gasteiger partial charge in [0.1, 0.15) is 0 Å². The molecule has 1 atom stereocenters. The van der Waals surface area contributed by atoms with Gasteiger partial charge in [0.15, 0.2) is 0 Å². The second-order valence-electron chi connectivity index (χ2n) is 2.40. The molecule has 0 aliphatic carbocycles. The molecule has 1 aromatic rings. The molecule has 0 amide bonds. The second-order valence-corrected chi connectivity index (χ2v) is 2.81. The van der Waals surface area contributed by atoms with Crippen molar-refractivity contribution < 1.29 is 20.7 Å². The van der Waals surface area contributed by atoms with Crippen LogP contribution in [0.15, 0.2) is 30.3 Å². The van der Waals surface area contributed by atoms with Crippen molar-refractivity contribution >= 4 is 13.9 Å². The van der Waals surface area contributed by atoms with Crippen LogP contribution in [0.5, 0.6) is 5.75 Å². The number of aliphatic carboxylic acids is 1. The molecule has 0 heterocycles. The molecule has 15 heavy (non-hydrogen) atoms. The van der Waals surface area contributed by atoms with Gasteiger partial charge in [-0.3, -0.25) is 0 Å². The molecule has 0 bridgehead atoms. The van der Waals surface area contributed by atoms with Gasteiger partial charge in [0, 0.05) is 0 Å². The van der Waals surface area contributed by atoms with Gasteiger partial charge < -0.3 is 0 Å². The Kier molecular flexibility index (Phi) is 4.02. The van der Waals surface area contributed by atoms with Gasteiger partial charge in [0.25, 0.3) is 0 Å². The maximum atomic E-state index is 10.7. The third-order valence-electron chi connectivity index (χ3n) is 1.39. The van der Waals surface area contributed by atoms with E-state index in [0.717, 1.165) is 0 Å². The molecule has 0 aliphatic heterocycles. The van der Waals surface area contributed by atoms with Crippen molar-refractivity contribution in [3.63, 3.8) is 0 Å². The van der Waals surface area contributed by atoms with Gasteiger partial charge in [0.05, 0.1) is 0 Å². The van der Waals surface area contributed by atoms with Crippen molar-refractivity contribution in [1.29, 1.82) is 0 Å². The van der Waals surface area contributed by atoms with E-state index in [-0.39, 0.29) is 0 Å². The molecular weight excluding hydrogens is 217 g/mol. The van der Waals surface area contributed by atoms with Crippen molar-refractivity contribution in [2.45, 2.75) is 6.02 Å². The van der Waals surface area contributed by atoms with Crippen LogP contribution in [0.1, 0.15) is 1.37 Å². The Morgan fingerprint density at radius 2 is 2.27 bits per heavy atom. The van der Waals surface area contributed by atoms with Gasteiger partial charge in [-0.15, -0.1) is 0 Å². The maximum absolute atomic E-state index is 10.7. The SMILES string of the molecule is [2H][C@@](C#P=O)(NOc1ccccc1)C(=O)O. The third-order valence-corrected chi connectivity index (χ3v) is 1.70. The Hall–Kier alpha value is -1.54. The van der Waals surface area contributed by atoms with Crippen LogP contribution >= 0.6 is 7.92 Å². The summed E-state index contributed by atoms with van der Waals surface area (Å²) in [5.41, 5.74) is 3.84. The molecule has 2 N–H and O–H groups in total. The third kappa shape index (κ3) is 4.00. The number of nitrogens with one attached hydrogen (secondary N) is 1. The number of hydrogen-bond acceptors (Lipinski definition) is 4. The molecule has 1 aromatic carbocycles. The number of hydroxylamine groups is 1. The molecule has 5 nitrogen and oxygen atoms in total. The second kappa shape index (κ2) is 6.04. The number of carbonyl (C=O) groups is 1. The summed E-state index contributed by atoms with van der Waals surface area (Å²) in [6.07, 6.45) is 0. The van der Waals surface area contributed by atoms with Crippen molar-refractivity contribution in [2.75, 3.05) is 0 Å². The van der Waals surface area contributed by atoms with E-state index in [9.17, 15) is 9.36 Å². The van der Waals surface area contributed by atoms with Crippen molar-refractivity contribution in [3.05, 3.63) is 30.3 Å². The Balaban J connectivity index is 2.75. The first-order valence-corrected chi connectivity index (χ1v) is 4.72. The van der Waals surface area contributed by atoms with Gasteiger partial charge in [-0.05, 0) is 0 Å². The molecule has 0 unspecified atom stereocenters. The van der Waals surface area contributed by atoms with E-state index in [0.29, 0.717) is 5.75 Å². The predicted molar refractivity (Wildman–Crippen MR) is 53.1 cm³/mol. The summed E-state index contributed by atoms with van der Waals surface area (Å²) in [7, 11) is -0.690. The number of para-hydroxylation sites is 1. The van der Waals surface area contributed by atoms with Crippen LogP contribution in [0.4, 0.5) is 0 Å². The van der Waals surface area contributed by atoms with Crippen LogP contribution in [0.2, 0.25) is 0 Å². The quantitative estimate of drug-likeness (QED) is 0.597. The predicted octanol–water partition coefficient (Wildman–Crippen LogP) is 1.27. The first-order valence-electron chi connectivity index (χ1n) is 4.40. The van der Waals surface area contributed by atoms with Gasteiger partial charge >= 0.3 is 87.8 Å². The summed E-state index contributed by atoms with van der Waals surface area (Å²) < 4.78 is 17.6. The topological polar surface area (TPSA) is 75.6 Å². The van der Waals surface area contributed by atoms with E-state index in [1.54, 1.807) is 30.3 Å². The van der Waals surface area contributed by atoms with Crippen molar-refractivity contribution in [1.82, 2.24) is 5.48 Å². The van der Waals surface area contributed by atoms with E-state index < -0.39 is 19.9 Å². The molecule has 6 heteroatoms. The molecule has 0 aliphatic rings. The van der Waals surface area contributed by atoms with E-state index in [1.807, 2.05) is 11.1 Å². The standard InChI is InChI=1S/C9H8NO4P/c11-9(12)8(6-15-13)10-14-7-4-2-1-3-5-7/h1-5,8,10H,(H,11,12)/t8-/m0/s1/i8D. The van der Waals surface area contributed by atoms with Crippen LogP contribution in [-0.2, 0) is 9.36 Å². The number of carboxylic acid groups (broad SMARTS) is 1. The molecule has 0 radical (unpaired) electrons. The summed E-state index contributed by atoms with van der Waals surface area (Å²) in [4.78, 5) is 15.6. The van der Waals surface area contributed by atoms with Crippen molar-refractivity contribution in [2.24, 2.45) is 0 Å². The van der Waals surface area contributed by atoms with Crippen molar-refractivity contribution in [3.8, 4) is 11.4 Å². The Labute approximate surface area is 88.5 Å². The minimum atomic E-state index is -2.38. The molecular formula is C9H8NO4P. The number of benzene rings is 1. The summed E-state index contributed by atoms with van der Waals surface area (Å²) in [6.45, 7) is 0. The molecule has 78 valence electrons. The van der Waals surface area contributed by atoms with Crippen LogP contribution in [0.25, 0.3) is 0 Å². The Morgan fingerprint density at radius 3 is 2.80 bits per heavy atom. The van der Waals surface area contributed by atoms with Gasteiger partial charge in [-0.25, -0.2) is 0 Å². The molecule has 0 spiro atoms. The minimum absolute atomic E-state index is 0.338. The fourth-order valence-corrected chi connectivity index (χ4v) is 0.991. The zero-order chi connectivity index (χ0) is 12.0. The Bertz CT molecular complexity index is 475. The van der Waals surface area contributed by atoms with Crippen LogP contribution in [0.3, 0.4) is 0 Å². The first kappa shape index (κ1) is 9.99. The zero-order valence-corrected chi connectivity index (χ0v) is 8.40. The molecule has 1 rings (SSSR count). The fourth-order valence-electron chi connectivity index (χ4n) is 0.758. The first-order chi connectivity index (χ1) is 7.58. The van der Waals surface area contributed by atoms with Gasteiger partial charge in [-0.2, -0.15) is 0 Å². The zero-order valence-electron chi connectivity index (χ0n) is 8.51. The molecule has 0 saturated heterocycles. The summed E-state index contributed by atoms with van der Waals surface area (Å²) in [6, 6.07) is 5.89. The Morgan fingerprint density at radius 1 is 1.60 bits per heavy atom. The van der Waals surface area contributed by atoms with Gasteiger partial charge in [-0.1, -0.05) is 0 Å². The number of rotatable bonds is 4. The van der Waals surface area contributed by atoms with Crippen LogP contribution in [0, 0.1) is 5.63 Å². The average molecular weight is 226 g/mol. The monoisotopic (exact) mass is 226 g/mol. The summed E-state index contributed by atoms with van der Waals surface area (Å²) in [5.74, 6) is -1.23. The van der Waals surface area contributed by atoms with E-state index in [4.69, 9.17) is 11.3 Å². The summed E-state index contributed by atoms with van der Waals surface area (Å²) in [5, 5.41) is 8.71. The molecule has 0 saturated carbocycles. The average Bonchev–Trinajstić information content (AvgIpc) is 2.28. The number of hydrogen-bond donors (Lipinski definition) is 2. The van der Waals surface area contributed by atoms with Crippen LogP contribution < -0.4 is 10.3 Å². The number of carboxylic acids is 1. The molecule has 0 fully saturated rings. The fraction of sp³-hybridized carbons (Fsp3) is 0.111. The van der Waals surface area contributed by atoms with E-state index >= 15 is 0 Å². The molecule has 0 aromatic heterocycles. The van der Waals surface area contributed by atoms with E-state index in [2.05, 4.69) is 0 Å².